The fraction of sp³-hybridized carbons (Fsp3) is 1.00. The Kier molecular flexibility index (Phi) is 6.85. The molecule has 0 aromatic heterocycles. The summed E-state index contributed by atoms with van der Waals surface area (Å²) in [6.07, 6.45) is 5.13. The molecule has 3 atom stereocenters. The Morgan fingerprint density at radius 3 is 2.62 bits per heavy atom. The molecule has 2 heterocycles. The van der Waals surface area contributed by atoms with Crippen molar-refractivity contribution < 1.29 is 9.47 Å². The number of rotatable bonds is 6. The summed E-state index contributed by atoms with van der Waals surface area (Å²) in [7, 11) is 2.10. The molecule has 1 spiro atoms. The van der Waals surface area contributed by atoms with E-state index in [2.05, 4.69) is 44.9 Å². The predicted molar refractivity (Wildman–Crippen MR) is 91.1 cm³/mol. The van der Waals surface area contributed by atoms with Crippen LogP contribution in [0.2, 0.25) is 0 Å². The highest BCUT2D eigenvalue weighted by Crippen LogP contribution is 2.41. The lowest BCUT2D eigenvalue weighted by molar-refractivity contribution is -0.119. The van der Waals surface area contributed by atoms with Crippen molar-refractivity contribution >= 4 is 11.8 Å². The summed E-state index contributed by atoms with van der Waals surface area (Å²) < 4.78 is 12.3. The van der Waals surface area contributed by atoms with E-state index in [1.165, 1.54) is 30.8 Å². The maximum absolute atomic E-state index is 6.25. The van der Waals surface area contributed by atoms with Crippen molar-refractivity contribution in [2.75, 3.05) is 31.8 Å². The van der Waals surface area contributed by atoms with Crippen LogP contribution in [0.1, 0.15) is 46.5 Å². The highest BCUT2D eigenvalue weighted by molar-refractivity contribution is 7.99. The molecule has 2 aliphatic heterocycles. The zero-order chi connectivity index (χ0) is 15.3. The summed E-state index contributed by atoms with van der Waals surface area (Å²) in [5, 5.41) is 3.57. The number of hydrogen-bond donors (Lipinski definition) is 1. The van der Waals surface area contributed by atoms with Crippen LogP contribution in [-0.4, -0.2) is 49.5 Å². The Bertz CT molecular complexity index is 300. The Labute approximate surface area is 134 Å². The largest absolute Gasteiger partial charge is 0.377 e. The van der Waals surface area contributed by atoms with E-state index in [1.807, 2.05) is 0 Å². The number of hydrogen-bond acceptors (Lipinski definition) is 4. The summed E-state index contributed by atoms with van der Waals surface area (Å²) in [5.41, 5.74) is 0.164. The number of ether oxygens (including phenoxy) is 2. The molecular weight excluding hydrogens is 282 g/mol. The van der Waals surface area contributed by atoms with Crippen LogP contribution in [0, 0.1) is 11.8 Å². The molecule has 2 saturated heterocycles. The normalized spacial score (nSPS) is 28.7. The lowest BCUT2D eigenvalue weighted by Gasteiger charge is -2.47. The second-order valence-corrected chi connectivity index (χ2v) is 8.10. The van der Waals surface area contributed by atoms with Gasteiger partial charge >= 0.3 is 0 Å². The SMILES string of the molecule is CCOC(C(C)C)C(NC)C1CCOC2(CCSCC2)C1. The van der Waals surface area contributed by atoms with Gasteiger partial charge in [-0.3, -0.25) is 0 Å². The average Bonchev–Trinajstić information content (AvgIpc) is 2.48. The smallest absolute Gasteiger partial charge is 0.0753 e. The van der Waals surface area contributed by atoms with E-state index in [0.717, 1.165) is 19.6 Å². The molecule has 2 fully saturated rings. The van der Waals surface area contributed by atoms with Crippen molar-refractivity contribution in [2.24, 2.45) is 11.8 Å². The Balaban J connectivity index is 2.05. The van der Waals surface area contributed by atoms with Crippen LogP contribution in [-0.2, 0) is 9.47 Å². The molecule has 2 rings (SSSR count). The van der Waals surface area contributed by atoms with Gasteiger partial charge in [0.05, 0.1) is 11.7 Å². The van der Waals surface area contributed by atoms with E-state index in [0.29, 0.717) is 24.0 Å². The molecule has 124 valence electrons. The molecule has 1 N–H and O–H groups in total. The maximum atomic E-state index is 6.25. The first-order valence-electron chi connectivity index (χ1n) is 8.62. The fourth-order valence-corrected chi connectivity index (χ4v) is 5.27. The van der Waals surface area contributed by atoms with Gasteiger partial charge in [0.15, 0.2) is 0 Å². The van der Waals surface area contributed by atoms with Crippen LogP contribution in [0.3, 0.4) is 0 Å². The lowest BCUT2D eigenvalue weighted by Crippen LogP contribution is -2.53. The molecule has 4 heteroatoms. The van der Waals surface area contributed by atoms with Gasteiger partial charge in [-0.1, -0.05) is 13.8 Å². The van der Waals surface area contributed by atoms with Crippen LogP contribution in [0.25, 0.3) is 0 Å². The van der Waals surface area contributed by atoms with Crippen molar-refractivity contribution in [3.63, 3.8) is 0 Å². The van der Waals surface area contributed by atoms with Crippen LogP contribution >= 0.6 is 11.8 Å². The fourth-order valence-electron chi connectivity index (χ4n) is 4.04. The van der Waals surface area contributed by atoms with E-state index in [9.17, 15) is 0 Å². The van der Waals surface area contributed by atoms with E-state index in [1.54, 1.807) is 0 Å². The summed E-state index contributed by atoms with van der Waals surface area (Å²) >= 11 is 2.08. The summed E-state index contributed by atoms with van der Waals surface area (Å²) in [4.78, 5) is 0. The Hall–Kier alpha value is 0.230. The van der Waals surface area contributed by atoms with Gasteiger partial charge in [-0.2, -0.15) is 11.8 Å². The van der Waals surface area contributed by atoms with Gasteiger partial charge in [0.25, 0.3) is 0 Å². The summed E-state index contributed by atoms with van der Waals surface area (Å²) in [6, 6.07) is 0.445. The maximum Gasteiger partial charge on any atom is 0.0753 e. The molecule has 0 bridgehead atoms. The van der Waals surface area contributed by atoms with Crippen molar-refractivity contribution in [2.45, 2.75) is 64.2 Å². The third kappa shape index (κ3) is 4.37. The molecular formula is C17H33NO2S. The third-order valence-electron chi connectivity index (χ3n) is 5.15. The number of thioether (sulfide) groups is 1. The van der Waals surface area contributed by atoms with Crippen molar-refractivity contribution in [1.82, 2.24) is 5.32 Å². The molecule has 0 amide bonds. The van der Waals surface area contributed by atoms with E-state index in [4.69, 9.17) is 9.47 Å². The highest BCUT2D eigenvalue weighted by Gasteiger charge is 2.42. The van der Waals surface area contributed by atoms with Gasteiger partial charge in [0.1, 0.15) is 0 Å². The third-order valence-corrected chi connectivity index (χ3v) is 6.13. The highest BCUT2D eigenvalue weighted by atomic mass is 32.2. The van der Waals surface area contributed by atoms with Crippen molar-refractivity contribution in [3.05, 3.63) is 0 Å². The topological polar surface area (TPSA) is 30.5 Å². The minimum atomic E-state index is 0.164. The van der Waals surface area contributed by atoms with Gasteiger partial charge in [-0.05, 0) is 63.0 Å². The molecule has 21 heavy (non-hydrogen) atoms. The number of likely N-dealkylation sites (N-methyl/N-ethyl adjacent to an activating group) is 1. The second kappa shape index (κ2) is 8.19. The van der Waals surface area contributed by atoms with E-state index < -0.39 is 0 Å². The van der Waals surface area contributed by atoms with Gasteiger partial charge in [0, 0.05) is 19.3 Å². The Morgan fingerprint density at radius 1 is 1.33 bits per heavy atom. The lowest BCUT2D eigenvalue weighted by atomic mass is 9.76. The van der Waals surface area contributed by atoms with Gasteiger partial charge in [-0.15, -0.1) is 0 Å². The zero-order valence-electron chi connectivity index (χ0n) is 14.2. The second-order valence-electron chi connectivity index (χ2n) is 6.88. The van der Waals surface area contributed by atoms with Gasteiger partial charge in [0.2, 0.25) is 0 Å². The van der Waals surface area contributed by atoms with E-state index >= 15 is 0 Å². The summed E-state index contributed by atoms with van der Waals surface area (Å²) in [5.74, 6) is 3.74. The minimum absolute atomic E-state index is 0.164. The Morgan fingerprint density at radius 2 is 2.05 bits per heavy atom. The summed E-state index contributed by atoms with van der Waals surface area (Å²) in [6.45, 7) is 8.37. The van der Waals surface area contributed by atoms with Crippen LogP contribution < -0.4 is 5.32 Å². The van der Waals surface area contributed by atoms with Gasteiger partial charge in [-0.25, -0.2) is 0 Å². The molecule has 0 radical (unpaired) electrons. The first-order valence-corrected chi connectivity index (χ1v) is 9.78. The first kappa shape index (κ1) is 17.6. The van der Waals surface area contributed by atoms with Gasteiger partial charge < -0.3 is 14.8 Å². The quantitative estimate of drug-likeness (QED) is 0.814. The van der Waals surface area contributed by atoms with Crippen LogP contribution in [0.4, 0.5) is 0 Å². The first-order chi connectivity index (χ1) is 10.1. The zero-order valence-corrected chi connectivity index (χ0v) is 15.0. The molecule has 2 aliphatic rings. The molecule has 0 aromatic rings. The van der Waals surface area contributed by atoms with E-state index in [-0.39, 0.29) is 5.60 Å². The van der Waals surface area contributed by atoms with Crippen LogP contribution in [0.15, 0.2) is 0 Å². The number of nitrogens with one attached hydrogen (secondary N) is 1. The molecule has 3 unspecified atom stereocenters. The molecule has 3 nitrogen and oxygen atoms in total. The van der Waals surface area contributed by atoms with Crippen molar-refractivity contribution in [1.29, 1.82) is 0 Å². The van der Waals surface area contributed by atoms with Crippen molar-refractivity contribution in [3.8, 4) is 0 Å². The molecule has 0 saturated carbocycles. The minimum Gasteiger partial charge on any atom is -0.377 e. The average molecular weight is 316 g/mol. The van der Waals surface area contributed by atoms with Crippen LogP contribution in [0.5, 0.6) is 0 Å². The molecule has 0 aromatic carbocycles. The predicted octanol–water partition coefficient (Wildman–Crippen LogP) is 3.33. The monoisotopic (exact) mass is 315 g/mol. The standard InChI is InChI=1S/C17H33NO2S/c1-5-19-16(13(2)3)15(18-4)14-6-9-20-17(12-14)7-10-21-11-8-17/h13-16,18H,5-12H2,1-4H3. The molecule has 0 aliphatic carbocycles.